The van der Waals surface area contributed by atoms with E-state index in [4.69, 9.17) is 16.3 Å². The van der Waals surface area contributed by atoms with Gasteiger partial charge in [0.1, 0.15) is 12.2 Å². The van der Waals surface area contributed by atoms with Gasteiger partial charge in [-0.2, -0.15) is 13.2 Å². The Kier molecular flexibility index (Phi) is 6.47. The van der Waals surface area contributed by atoms with E-state index in [1.54, 1.807) is 18.5 Å². The number of nitrogens with zero attached hydrogens (tertiary/aromatic N) is 4. The van der Waals surface area contributed by atoms with Crippen LogP contribution in [-0.2, 0) is 31.1 Å². The van der Waals surface area contributed by atoms with Gasteiger partial charge >= 0.3 is 6.18 Å². The molecule has 2 aromatic carbocycles. The van der Waals surface area contributed by atoms with Gasteiger partial charge in [0.05, 0.1) is 31.2 Å². The quantitative estimate of drug-likeness (QED) is 0.416. The van der Waals surface area contributed by atoms with Crippen LogP contribution in [0.15, 0.2) is 36.7 Å². The molecule has 0 spiro atoms. The molecule has 7 nitrogen and oxygen atoms in total. The second kappa shape index (κ2) is 9.60. The van der Waals surface area contributed by atoms with E-state index in [0.29, 0.717) is 29.5 Å². The first kappa shape index (κ1) is 26.3. The van der Waals surface area contributed by atoms with Crippen LogP contribution in [-0.4, -0.2) is 39.4 Å². The van der Waals surface area contributed by atoms with Crippen molar-refractivity contribution in [2.24, 2.45) is 13.0 Å². The molecule has 39 heavy (non-hydrogen) atoms. The molecule has 1 aliphatic carbocycles. The predicted octanol–water partition coefficient (Wildman–Crippen LogP) is 5.46. The second-order valence-corrected chi connectivity index (χ2v) is 11.6. The Hall–Kier alpha value is -2.95. The van der Waals surface area contributed by atoms with Gasteiger partial charge in [0.25, 0.3) is 5.91 Å². The van der Waals surface area contributed by atoms with Gasteiger partial charge in [-0.05, 0) is 73.2 Å². The Morgan fingerprint density at radius 2 is 1.97 bits per heavy atom. The van der Waals surface area contributed by atoms with E-state index in [1.165, 1.54) is 11.0 Å². The standard InChI is InChI=1S/C28H29ClF3N5O2/c1-27(4-3-5-27)33-11-16-6-21-22(23(7-16)28(30,31)32)12-37(26(21)38)20-9-17(8-19(29)10-20)24(18-13-39-14-18)25-35-34-15-36(25)2/h6-10,15,18,24,33H,3-5,11-14H2,1-2H3/t24-/m0/s1. The second-order valence-electron chi connectivity index (χ2n) is 11.1. The monoisotopic (exact) mass is 559 g/mol. The van der Waals surface area contributed by atoms with Crippen LogP contribution in [0, 0.1) is 5.92 Å². The lowest BCUT2D eigenvalue weighted by atomic mass is 9.78. The van der Waals surface area contributed by atoms with E-state index in [9.17, 15) is 18.0 Å². The largest absolute Gasteiger partial charge is 0.416 e. The molecule has 0 radical (unpaired) electrons. The molecule has 2 fully saturated rings. The first-order chi connectivity index (χ1) is 18.5. The van der Waals surface area contributed by atoms with E-state index in [0.717, 1.165) is 30.7 Å². The van der Waals surface area contributed by atoms with Gasteiger partial charge in [-0.25, -0.2) is 0 Å². The minimum Gasteiger partial charge on any atom is -0.381 e. The SMILES string of the molecule is Cn1cnnc1[C@@H](c1cc(Cl)cc(N2Cc3c(cc(CNC4(C)CCC4)cc3C(F)(F)F)C2=O)c1)C1COC1. The zero-order valence-corrected chi connectivity index (χ0v) is 22.4. The van der Waals surface area contributed by atoms with E-state index in [-0.39, 0.29) is 41.6 Å². The number of aryl methyl sites for hydroxylation is 1. The molecule has 1 atom stereocenters. The van der Waals surface area contributed by atoms with Gasteiger partial charge in [0.2, 0.25) is 0 Å². The summed E-state index contributed by atoms with van der Waals surface area (Å²) in [6.07, 6.45) is 0.0927. The number of aromatic nitrogens is 3. The maximum atomic E-state index is 14.2. The number of hydrogen-bond acceptors (Lipinski definition) is 5. The lowest BCUT2D eigenvalue weighted by Crippen LogP contribution is -2.47. The van der Waals surface area contributed by atoms with Crippen molar-refractivity contribution >= 4 is 23.2 Å². The minimum atomic E-state index is -4.59. The fraction of sp³-hybridized carbons (Fsp3) is 0.464. The summed E-state index contributed by atoms with van der Waals surface area (Å²) in [5.74, 6) is 0.196. The van der Waals surface area contributed by atoms with Gasteiger partial charge in [0.15, 0.2) is 0 Å². The molecule has 1 aromatic heterocycles. The normalized spacial score (nSPS) is 19.5. The van der Waals surface area contributed by atoms with Crippen LogP contribution < -0.4 is 10.2 Å². The number of fused-ring (bicyclic) bond motifs is 1. The van der Waals surface area contributed by atoms with Crippen molar-refractivity contribution in [3.63, 3.8) is 0 Å². The molecule has 3 heterocycles. The van der Waals surface area contributed by atoms with Crippen LogP contribution in [0.1, 0.15) is 70.5 Å². The topological polar surface area (TPSA) is 72.3 Å². The van der Waals surface area contributed by atoms with Crippen molar-refractivity contribution in [3.8, 4) is 0 Å². The van der Waals surface area contributed by atoms with Crippen molar-refractivity contribution in [1.82, 2.24) is 20.1 Å². The molecule has 6 rings (SSSR count). The smallest absolute Gasteiger partial charge is 0.381 e. The number of hydrogen-bond donors (Lipinski definition) is 1. The zero-order valence-electron chi connectivity index (χ0n) is 21.7. The Morgan fingerprint density at radius 3 is 2.56 bits per heavy atom. The van der Waals surface area contributed by atoms with E-state index in [1.807, 2.05) is 23.7 Å². The van der Waals surface area contributed by atoms with Crippen LogP contribution in [0.25, 0.3) is 0 Å². The first-order valence-corrected chi connectivity index (χ1v) is 13.4. The van der Waals surface area contributed by atoms with Crippen LogP contribution in [0.5, 0.6) is 0 Å². The van der Waals surface area contributed by atoms with Crippen LogP contribution in [0.2, 0.25) is 5.02 Å². The molecule has 0 bridgehead atoms. The molecule has 1 N–H and O–H groups in total. The Morgan fingerprint density at radius 1 is 1.21 bits per heavy atom. The first-order valence-electron chi connectivity index (χ1n) is 13.0. The van der Waals surface area contributed by atoms with Gasteiger partial charge in [-0.15, -0.1) is 10.2 Å². The molecule has 1 amide bonds. The van der Waals surface area contributed by atoms with Crippen LogP contribution in [0.4, 0.5) is 18.9 Å². The Labute approximate surface area is 229 Å². The summed E-state index contributed by atoms with van der Waals surface area (Å²) in [6.45, 7) is 3.23. The number of amides is 1. The van der Waals surface area contributed by atoms with Crippen molar-refractivity contribution < 1.29 is 22.7 Å². The van der Waals surface area contributed by atoms with Crippen LogP contribution >= 0.6 is 11.6 Å². The molecule has 11 heteroatoms. The summed E-state index contributed by atoms with van der Waals surface area (Å²) >= 11 is 6.53. The Bertz CT molecular complexity index is 1430. The highest BCUT2D eigenvalue weighted by Crippen LogP contribution is 2.42. The number of benzene rings is 2. The highest BCUT2D eigenvalue weighted by atomic mass is 35.5. The van der Waals surface area contributed by atoms with Crippen molar-refractivity contribution in [2.45, 2.75) is 56.9 Å². The van der Waals surface area contributed by atoms with Gasteiger partial charge < -0.3 is 19.5 Å². The lowest BCUT2D eigenvalue weighted by Gasteiger charge is -2.39. The van der Waals surface area contributed by atoms with Crippen molar-refractivity contribution in [1.29, 1.82) is 0 Å². The fourth-order valence-electron chi connectivity index (χ4n) is 5.81. The number of anilines is 1. The maximum Gasteiger partial charge on any atom is 0.416 e. The van der Waals surface area contributed by atoms with E-state index < -0.39 is 17.6 Å². The molecular formula is C28H29ClF3N5O2. The average molecular weight is 560 g/mol. The van der Waals surface area contributed by atoms with E-state index in [2.05, 4.69) is 22.4 Å². The summed E-state index contributed by atoms with van der Waals surface area (Å²) in [5, 5.41) is 12.1. The molecule has 2 aliphatic heterocycles. The lowest BCUT2D eigenvalue weighted by molar-refractivity contribution is -0.138. The third kappa shape index (κ3) is 4.83. The molecule has 1 saturated heterocycles. The van der Waals surface area contributed by atoms with E-state index >= 15 is 0 Å². The molecule has 3 aromatic rings. The van der Waals surface area contributed by atoms with Gasteiger partial charge in [-0.1, -0.05) is 11.6 Å². The highest BCUT2D eigenvalue weighted by Gasteiger charge is 2.41. The minimum absolute atomic E-state index is 0.00937. The molecular weight excluding hydrogens is 531 g/mol. The number of halogens is 4. The number of nitrogens with one attached hydrogen (secondary N) is 1. The highest BCUT2D eigenvalue weighted by molar-refractivity contribution is 6.31. The molecule has 1 saturated carbocycles. The summed E-state index contributed by atoms with van der Waals surface area (Å²) in [7, 11) is 1.85. The third-order valence-electron chi connectivity index (χ3n) is 8.32. The van der Waals surface area contributed by atoms with Crippen molar-refractivity contribution in [2.75, 3.05) is 18.1 Å². The number of alkyl halides is 3. The number of rotatable bonds is 7. The summed E-state index contributed by atoms with van der Waals surface area (Å²) in [6, 6.07) is 8.02. The summed E-state index contributed by atoms with van der Waals surface area (Å²) in [5.41, 5.74) is 0.932. The van der Waals surface area contributed by atoms with Crippen molar-refractivity contribution in [3.05, 3.63) is 75.3 Å². The number of carbonyl (C=O) groups excluding carboxylic acids is 1. The summed E-state index contributed by atoms with van der Waals surface area (Å²) in [4.78, 5) is 15.0. The maximum absolute atomic E-state index is 14.2. The molecule has 3 aliphatic rings. The number of ether oxygens (including phenoxy) is 1. The van der Waals surface area contributed by atoms with Gasteiger partial charge in [0, 0.05) is 41.3 Å². The van der Waals surface area contributed by atoms with Crippen LogP contribution in [0.3, 0.4) is 0 Å². The zero-order chi connectivity index (χ0) is 27.5. The molecule has 206 valence electrons. The average Bonchev–Trinajstić information content (AvgIpc) is 3.40. The summed E-state index contributed by atoms with van der Waals surface area (Å²) < 4.78 is 49.9. The fourth-order valence-corrected chi connectivity index (χ4v) is 6.05. The number of carbonyl (C=O) groups is 1. The van der Waals surface area contributed by atoms with Gasteiger partial charge in [-0.3, -0.25) is 4.79 Å². The molecule has 0 unspecified atom stereocenters. The Balaban J connectivity index is 1.36. The third-order valence-corrected chi connectivity index (χ3v) is 8.54. The predicted molar refractivity (Wildman–Crippen MR) is 140 cm³/mol.